The Morgan fingerprint density at radius 2 is 1.55 bits per heavy atom. The second-order valence-corrected chi connectivity index (χ2v) is 10.1. The Morgan fingerprint density at radius 3 is 2.19 bits per heavy atom. The molecule has 162 valence electrons. The van der Waals surface area contributed by atoms with Crippen molar-refractivity contribution in [3.05, 3.63) is 94.1 Å². The van der Waals surface area contributed by atoms with Crippen molar-refractivity contribution in [1.82, 2.24) is 0 Å². The maximum Gasteiger partial charge on any atom is 0.209 e. The Hall–Kier alpha value is -1.66. The molecule has 0 saturated carbocycles. The minimum absolute atomic E-state index is 0. The third-order valence-corrected chi connectivity index (χ3v) is 7.21. The quantitative estimate of drug-likeness (QED) is 0.300. The molecule has 0 bridgehead atoms. The van der Waals surface area contributed by atoms with Crippen LogP contribution in [0.2, 0.25) is 0 Å². The second kappa shape index (κ2) is 8.70. The predicted octanol–water partition coefficient (Wildman–Crippen LogP) is 3.84. The zero-order valence-electron chi connectivity index (χ0n) is 19.1. The van der Waals surface area contributed by atoms with Gasteiger partial charge in [-0.25, -0.2) is 0 Å². The molecular weight excluding hydrogens is 559 g/mol. The molecular formula is C27H30BrIN2. The van der Waals surface area contributed by atoms with Gasteiger partial charge in [0.05, 0.1) is 5.41 Å². The fraction of sp³-hybridized carbons (Fsp3) is 0.296. The van der Waals surface area contributed by atoms with Crippen LogP contribution in [-0.4, -0.2) is 24.4 Å². The number of rotatable bonds is 3. The molecule has 0 spiro atoms. The van der Waals surface area contributed by atoms with E-state index in [1.165, 1.54) is 33.9 Å². The fourth-order valence-corrected chi connectivity index (χ4v) is 5.24. The first kappa shape index (κ1) is 24.0. The summed E-state index contributed by atoms with van der Waals surface area (Å²) < 4.78 is 3.36. The van der Waals surface area contributed by atoms with Gasteiger partial charge in [-0.15, -0.1) is 0 Å². The Kier molecular flexibility index (Phi) is 6.73. The summed E-state index contributed by atoms with van der Waals surface area (Å²) in [6.45, 7) is 9.17. The standard InChI is InChI=1S/C27H30BrN2.HI/c1-26(2)20-11-7-9-13-22(20)29(5)24(26)17-15-19(28)16-18-25-27(3,4)21-12-8-10-14-23(21)30(25)6;/h7-18H,1-6H3;1H/q+1;/p-1. The lowest BCUT2D eigenvalue weighted by Crippen LogP contribution is -3.00. The van der Waals surface area contributed by atoms with E-state index in [0.29, 0.717) is 0 Å². The van der Waals surface area contributed by atoms with Crippen molar-refractivity contribution in [2.75, 3.05) is 19.0 Å². The number of fused-ring (bicyclic) bond motifs is 2. The highest BCUT2D eigenvalue weighted by molar-refractivity contribution is 9.11. The van der Waals surface area contributed by atoms with Gasteiger partial charge in [0, 0.05) is 46.0 Å². The maximum absolute atomic E-state index is 3.76. The van der Waals surface area contributed by atoms with Crippen molar-refractivity contribution in [2.24, 2.45) is 0 Å². The van der Waals surface area contributed by atoms with Crippen molar-refractivity contribution in [2.45, 2.75) is 38.5 Å². The third-order valence-electron chi connectivity index (χ3n) is 6.68. The van der Waals surface area contributed by atoms with Crippen LogP contribution in [0.4, 0.5) is 11.4 Å². The number of halogens is 2. The summed E-state index contributed by atoms with van der Waals surface area (Å²) in [6, 6.07) is 17.3. The van der Waals surface area contributed by atoms with Gasteiger partial charge >= 0.3 is 0 Å². The highest BCUT2D eigenvalue weighted by atomic mass is 127. The average molecular weight is 589 g/mol. The molecule has 0 saturated heterocycles. The Morgan fingerprint density at radius 1 is 0.935 bits per heavy atom. The molecule has 0 radical (unpaired) electrons. The Bertz CT molecular complexity index is 1140. The lowest BCUT2D eigenvalue weighted by Gasteiger charge is -2.23. The summed E-state index contributed by atoms with van der Waals surface area (Å²) in [5.74, 6) is 0. The largest absolute Gasteiger partial charge is 1.00 e. The first-order valence-electron chi connectivity index (χ1n) is 10.5. The van der Waals surface area contributed by atoms with E-state index < -0.39 is 0 Å². The van der Waals surface area contributed by atoms with Crippen LogP contribution in [0.1, 0.15) is 38.8 Å². The number of likely N-dealkylation sites (N-methyl/N-ethyl adjacent to an activating group) is 1. The van der Waals surface area contributed by atoms with E-state index in [0.717, 1.165) is 4.48 Å². The van der Waals surface area contributed by atoms with E-state index in [4.69, 9.17) is 0 Å². The van der Waals surface area contributed by atoms with Gasteiger partial charge in [-0.1, -0.05) is 66.2 Å². The van der Waals surface area contributed by atoms with Gasteiger partial charge in [0.2, 0.25) is 5.69 Å². The number of nitrogens with zero attached hydrogens (tertiary/aromatic N) is 2. The van der Waals surface area contributed by atoms with Crippen molar-refractivity contribution in [1.29, 1.82) is 0 Å². The van der Waals surface area contributed by atoms with Crippen LogP contribution in [-0.2, 0) is 10.8 Å². The van der Waals surface area contributed by atoms with E-state index in [2.05, 4.69) is 140 Å². The van der Waals surface area contributed by atoms with Crippen LogP contribution in [0.15, 0.2) is 83.0 Å². The topological polar surface area (TPSA) is 6.25 Å². The highest BCUT2D eigenvalue weighted by Crippen LogP contribution is 2.46. The van der Waals surface area contributed by atoms with E-state index >= 15 is 0 Å². The molecule has 2 aromatic carbocycles. The Labute approximate surface area is 212 Å². The molecule has 2 heterocycles. The second-order valence-electron chi connectivity index (χ2n) is 9.22. The molecule has 0 atom stereocenters. The summed E-state index contributed by atoms with van der Waals surface area (Å²) in [7, 11) is 4.31. The van der Waals surface area contributed by atoms with Crippen molar-refractivity contribution < 1.29 is 28.6 Å². The summed E-state index contributed by atoms with van der Waals surface area (Å²) in [5.41, 5.74) is 7.90. The van der Waals surface area contributed by atoms with Crippen molar-refractivity contribution in [3.8, 4) is 0 Å². The van der Waals surface area contributed by atoms with Gasteiger partial charge in [-0.05, 0) is 43.7 Å². The fourth-order valence-electron chi connectivity index (χ4n) is 4.98. The van der Waals surface area contributed by atoms with Gasteiger partial charge in [0.25, 0.3) is 0 Å². The third kappa shape index (κ3) is 3.97. The normalized spacial score (nSPS) is 20.3. The number of hydrogen-bond acceptors (Lipinski definition) is 1. The lowest BCUT2D eigenvalue weighted by molar-refractivity contribution is -0.401. The first-order chi connectivity index (χ1) is 14.2. The van der Waals surface area contributed by atoms with Crippen LogP contribution >= 0.6 is 15.9 Å². The van der Waals surface area contributed by atoms with Gasteiger partial charge < -0.3 is 28.9 Å². The molecule has 2 aliphatic rings. The summed E-state index contributed by atoms with van der Waals surface area (Å²) in [6.07, 6.45) is 8.78. The smallest absolute Gasteiger partial charge is 0.209 e. The molecule has 2 aliphatic heterocycles. The van der Waals surface area contributed by atoms with Crippen molar-refractivity contribution >= 4 is 33.0 Å². The zero-order chi connectivity index (χ0) is 21.7. The van der Waals surface area contributed by atoms with Crippen LogP contribution < -0.4 is 28.9 Å². The van der Waals surface area contributed by atoms with Crippen LogP contribution in [0.25, 0.3) is 0 Å². The lowest BCUT2D eigenvalue weighted by atomic mass is 9.81. The van der Waals surface area contributed by atoms with Crippen LogP contribution in [0.3, 0.4) is 0 Å². The zero-order valence-corrected chi connectivity index (χ0v) is 22.8. The molecule has 2 aromatic rings. The minimum atomic E-state index is -0.0110. The molecule has 0 aromatic heterocycles. The van der Waals surface area contributed by atoms with Crippen molar-refractivity contribution in [3.63, 3.8) is 0 Å². The summed E-state index contributed by atoms with van der Waals surface area (Å²) in [4.78, 5) is 2.30. The molecule has 0 amide bonds. The number of anilines is 1. The number of benzene rings is 2. The van der Waals surface area contributed by atoms with Gasteiger partial charge in [0.1, 0.15) is 7.05 Å². The number of hydrogen-bond donors (Lipinski definition) is 0. The summed E-state index contributed by atoms with van der Waals surface area (Å²) in [5, 5.41) is 0. The molecule has 2 nitrogen and oxygen atoms in total. The SMILES string of the molecule is CN1C(=CC=C(Br)C=CC2=[N+](C)c3ccccc3C2(C)C)C(C)(C)c2ccccc21.[I-]. The molecule has 4 rings (SSSR count). The minimum Gasteiger partial charge on any atom is -1.00 e. The van der Waals surface area contributed by atoms with E-state index in [9.17, 15) is 0 Å². The predicted molar refractivity (Wildman–Crippen MR) is 132 cm³/mol. The molecule has 0 unspecified atom stereocenters. The van der Waals surface area contributed by atoms with E-state index in [1.807, 2.05) is 0 Å². The highest BCUT2D eigenvalue weighted by Gasteiger charge is 2.42. The Balaban J connectivity index is 0.00000272. The molecule has 0 aliphatic carbocycles. The van der Waals surface area contributed by atoms with Gasteiger partial charge in [-0.2, -0.15) is 4.58 Å². The molecule has 4 heteroatoms. The first-order valence-corrected chi connectivity index (χ1v) is 11.2. The van der Waals surface area contributed by atoms with E-state index in [1.54, 1.807) is 0 Å². The molecule has 0 fully saturated rings. The van der Waals surface area contributed by atoms with Crippen LogP contribution in [0.5, 0.6) is 0 Å². The average Bonchev–Trinajstić information content (AvgIpc) is 3.04. The monoisotopic (exact) mass is 588 g/mol. The van der Waals surface area contributed by atoms with Gasteiger partial charge in [0.15, 0.2) is 5.71 Å². The van der Waals surface area contributed by atoms with Crippen LogP contribution in [0, 0.1) is 0 Å². The number of para-hydroxylation sites is 2. The van der Waals surface area contributed by atoms with Gasteiger partial charge in [-0.3, -0.25) is 0 Å². The van der Waals surface area contributed by atoms with E-state index in [-0.39, 0.29) is 34.8 Å². The molecule has 31 heavy (non-hydrogen) atoms. The molecule has 0 N–H and O–H groups in total. The number of allylic oxidation sites excluding steroid dienone is 6. The summed E-state index contributed by atoms with van der Waals surface area (Å²) >= 11 is 3.76. The maximum atomic E-state index is 3.76.